The van der Waals surface area contributed by atoms with Crippen LogP contribution >= 0.6 is 0 Å². The predicted molar refractivity (Wildman–Crippen MR) is 71.7 cm³/mol. The third-order valence-electron chi connectivity index (χ3n) is 3.85. The first kappa shape index (κ1) is 14.0. The normalized spacial score (nSPS) is 21.2. The van der Waals surface area contributed by atoms with Gasteiger partial charge in [0.25, 0.3) is 0 Å². The molecule has 1 fully saturated rings. The van der Waals surface area contributed by atoms with Crippen molar-refractivity contribution in [3.8, 4) is 0 Å². The smallest absolute Gasteiger partial charge is 0.0112 e. The highest BCUT2D eigenvalue weighted by atomic mass is 15.1. The molecule has 0 aromatic heterocycles. The number of hydrogen-bond donors (Lipinski definition) is 1. The van der Waals surface area contributed by atoms with Gasteiger partial charge in [-0.05, 0) is 44.7 Å². The van der Waals surface area contributed by atoms with E-state index in [1.807, 2.05) is 0 Å². The van der Waals surface area contributed by atoms with E-state index in [9.17, 15) is 0 Å². The van der Waals surface area contributed by atoms with Crippen LogP contribution in [0.3, 0.4) is 0 Å². The number of hydrogen-bond acceptors (Lipinski definition) is 2. The lowest BCUT2D eigenvalue weighted by Gasteiger charge is -2.36. The zero-order valence-corrected chi connectivity index (χ0v) is 12.0. The average molecular weight is 226 g/mol. The Balaban J connectivity index is 2.22. The molecule has 0 spiro atoms. The summed E-state index contributed by atoms with van der Waals surface area (Å²) in [7, 11) is 2.25. The Morgan fingerprint density at radius 2 is 1.81 bits per heavy atom. The van der Waals surface area contributed by atoms with Crippen LogP contribution in [0.15, 0.2) is 0 Å². The molecule has 1 aliphatic rings. The quantitative estimate of drug-likeness (QED) is 0.749. The number of nitrogens with one attached hydrogen (secondary N) is 1. The molecule has 0 aliphatic heterocycles. The molecular formula is C14H30N2. The van der Waals surface area contributed by atoms with Gasteiger partial charge < -0.3 is 10.2 Å². The van der Waals surface area contributed by atoms with Gasteiger partial charge in [0.15, 0.2) is 0 Å². The molecule has 0 amide bonds. The van der Waals surface area contributed by atoms with Crippen LogP contribution in [-0.2, 0) is 0 Å². The summed E-state index contributed by atoms with van der Waals surface area (Å²) in [5, 5.41) is 3.61. The van der Waals surface area contributed by atoms with Crippen LogP contribution in [0.5, 0.6) is 0 Å². The Morgan fingerprint density at radius 3 is 2.25 bits per heavy atom. The molecule has 1 rings (SSSR count). The Hall–Kier alpha value is -0.0800. The van der Waals surface area contributed by atoms with Crippen molar-refractivity contribution in [1.29, 1.82) is 0 Å². The minimum Gasteiger partial charge on any atom is -0.314 e. The molecule has 0 heterocycles. The van der Waals surface area contributed by atoms with Gasteiger partial charge >= 0.3 is 0 Å². The fourth-order valence-electron chi connectivity index (χ4n) is 2.03. The van der Waals surface area contributed by atoms with Gasteiger partial charge in [-0.1, -0.05) is 27.7 Å². The number of nitrogens with zero attached hydrogens (tertiary/aromatic N) is 1. The monoisotopic (exact) mass is 226 g/mol. The molecule has 0 aromatic carbocycles. The maximum absolute atomic E-state index is 3.61. The largest absolute Gasteiger partial charge is 0.314 e. The average Bonchev–Trinajstić information content (AvgIpc) is 2.95. The molecule has 1 saturated carbocycles. The molecule has 2 heteroatoms. The summed E-state index contributed by atoms with van der Waals surface area (Å²) in [6.07, 6.45) is 2.78. The molecule has 2 nitrogen and oxygen atoms in total. The third-order valence-corrected chi connectivity index (χ3v) is 3.85. The molecule has 0 radical (unpaired) electrons. The van der Waals surface area contributed by atoms with E-state index in [1.165, 1.54) is 25.9 Å². The maximum atomic E-state index is 3.61. The van der Waals surface area contributed by atoms with E-state index in [0.717, 1.165) is 12.0 Å². The Kier molecular flexibility index (Phi) is 4.81. The minimum atomic E-state index is 0.373. The third kappa shape index (κ3) is 4.84. The molecule has 2 atom stereocenters. The topological polar surface area (TPSA) is 15.3 Å². The van der Waals surface area contributed by atoms with Crippen LogP contribution in [0.2, 0.25) is 0 Å². The highest BCUT2D eigenvalue weighted by molar-refractivity contribution is 4.83. The summed E-state index contributed by atoms with van der Waals surface area (Å²) in [6.45, 7) is 14.0. The van der Waals surface area contributed by atoms with Crippen LogP contribution in [0, 0.1) is 11.3 Å². The van der Waals surface area contributed by atoms with E-state index in [1.54, 1.807) is 0 Å². The molecule has 1 aliphatic carbocycles. The van der Waals surface area contributed by atoms with E-state index in [2.05, 4.69) is 51.9 Å². The summed E-state index contributed by atoms with van der Waals surface area (Å²) in [4.78, 5) is 2.50. The lowest BCUT2D eigenvalue weighted by atomic mass is 9.87. The SMILES string of the molecule is CC(CNC1CC1)CN(C)C(C)C(C)(C)C. The maximum Gasteiger partial charge on any atom is 0.0112 e. The van der Waals surface area contributed by atoms with Gasteiger partial charge in [-0.2, -0.15) is 0 Å². The van der Waals surface area contributed by atoms with Crippen molar-refractivity contribution in [3.05, 3.63) is 0 Å². The molecule has 0 saturated heterocycles. The lowest BCUT2D eigenvalue weighted by molar-refractivity contribution is 0.125. The minimum absolute atomic E-state index is 0.373. The van der Waals surface area contributed by atoms with E-state index >= 15 is 0 Å². The Morgan fingerprint density at radius 1 is 1.25 bits per heavy atom. The van der Waals surface area contributed by atoms with Crippen LogP contribution in [-0.4, -0.2) is 37.1 Å². The molecule has 1 N–H and O–H groups in total. The predicted octanol–water partition coefficient (Wildman–Crippen LogP) is 2.74. The molecule has 96 valence electrons. The Bertz CT molecular complexity index is 203. The fraction of sp³-hybridized carbons (Fsp3) is 1.00. The van der Waals surface area contributed by atoms with Crippen molar-refractivity contribution < 1.29 is 0 Å². The van der Waals surface area contributed by atoms with Crippen LogP contribution in [0.25, 0.3) is 0 Å². The van der Waals surface area contributed by atoms with Gasteiger partial charge in [-0.3, -0.25) is 0 Å². The van der Waals surface area contributed by atoms with Crippen LogP contribution in [0.4, 0.5) is 0 Å². The second-order valence-corrected chi connectivity index (χ2v) is 6.77. The first-order valence-electron chi connectivity index (χ1n) is 6.74. The first-order chi connectivity index (χ1) is 7.30. The zero-order valence-electron chi connectivity index (χ0n) is 12.0. The van der Waals surface area contributed by atoms with E-state index < -0.39 is 0 Å². The van der Waals surface area contributed by atoms with Crippen molar-refractivity contribution in [2.24, 2.45) is 11.3 Å². The summed E-state index contributed by atoms with van der Waals surface area (Å²) < 4.78 is 0. The van der Waals surface area contributed by atoms with Gasteiger partial charge in [0, 0.05) is 18.6 Å². The molecular weight excluding hydrogens is 196 g/mol. The highest BCUT2D eigenvalue weighted by Crippen LogP contribution is 2.23. The van der Waals surface area contributed by atoms with Crippen molar-refractivity contribution in [2.45, 2.75) is 59.5 Å². The van der Waals surface area contributed by atoms with Gasteiger partial charge in [-0.15, -0.1) is 0 Å². The fourth-order valence-corrected chi connectivity index (χ4v) is 2.03. The van der Waals surface area contributed by atoms with E-state index in [0.29, 0.717) is 11.5 Å². The van der Waals surface area contributed by atoms with Crippen LogP contribution in [0.1, 0.15) is 47.5 Å². The van der Waals surface area contributed by atoms with Gasteiger partial charge in [0.05, 0.1) is 0 Å². The van der Waals surface area contributed by atoms with Crippen molar-refractivity contribution >= 4 is 0 Å². The van der Waals surface area contributed by atoms with Gasteiger partial charge in [0.1, 0.15) is 0 Å². The zero-order chi connectivity index (χ0) is 12.3. The molecule has 0 aromatic rings. The summed E-state index contributed by atoms with van der Waals surface area (Å²) in [5.74, 6) is 0.746. The summed E-state index contributed by atoms with van der Waals surface area (Å²) >= 11 is 0. The second-order valence-electron chi connectivity index (χ2n) is 6.77. The first-order valence-corrected chi connectivity index (χ1v) is 6.74. The standard InChI is InChI=1S/C14H30N2/c1-11(9-15-13-7-8-13)10-16(6)12(2)14(3,4)5/h11-13,15H,7-10H2,1-6H3. The summed E-state index contributed by atoms with van der Waals surface area (Å²) in [6, 6.07) is 1.48. The van der Waals surface area contributed by atoms with Crippen molar-refractivity contribution in [1.82, 2.24) is 10.2 Å². The molecule has 2 unspecified atom stereocenters. The number of rotatable bonds is 6. The van der Waals surface area contributed by atoms with Crippen molar-refractivity contribution in [3.63, 3.8) is 0 Å². The van der Waals surface area contributed by atoms with E-state index in [-0.39, 0.29) is 0 Å². The molecule has 0 bridgehead atoms. The van der Waals surface area contributed by atoms with E-state index in [4.69, 9.17) is 0 Å². The lowest BCUT2D eigenvalue weighted by Crippen LogP contribution is -2.42. The van der Waals surface area contributed by atoms with Gasteiger partial charge in [0.2, 0.25) is 0 Å². The second kappa shape index (κ2) is 5.50. The van der Waals surface area contributed by atoms with Gasteiger partial charge in [-0.25, -0.2) is 0 Å². The Labute approximate surface area is 102 Å². The summed E-state index contributed by atoms with van der Waals surface area (Å²) in [5.41, 5.74) is 0.373. The highest BCUT2D eigenvalue weighted by Gasteiger charge is 2.25. The van der Waals surface area contributed by atoms with Crippen LogP contribution < -0.4 is 5.32 Å². The molecule has 16 heavy (non-hydrogen) atoms. The van der Waals surface area contributed by atoms with Crippen molar-refractivity contribution in [2.75, 3.05) is 20.1 Å².